The maximum atomic E-state index is 11.6. The zero-order valence-corrected chi connectivity index (χ0v) is 14.2. The average molecular weight is 354 g/mol. The average Bonchev–Trinajstić information content (AvgIpc) is 2.95. The smallest absolute Gasteiger partial charge is 0.321 e. The van der Waals surface area contributed by atoms with Crippen LogP contribution in [0.5, 0.6) is 0 Å². The van der Waals surface area contributed by atoms with E-state index in [0.29, 0.717) is 22.5 Å². The highest BCUT2D eigenvalue weighted by atomic mass is 35.5. The molecule has 0 aliphatic rings. The fraction of sp³-hybridized carbons (Fsp3) is 0.286. The zero-order chi connectivity index (χ0) is 16.8. The van der Waals surface area contributed by atoms with Gasteiger partial charge in [0.1, 0.15) is 0 Å². The second kappa shape index (κ2) is 7.98. The molecule has 0 saturated heterocycles. The van der Waals surface area contributed by atoms with Crippen LogP contribution in [0.2, 0.25) is 5.02 Å². The molecule has 0 fully saturated rings. The molecule has 2 N–H and O–H groups in total. The molecule has 7 nitrogen and oxygen atoms in total. The minimum Gasteiger partial charge on any atom is -0.341 e. The van der Waals surface area contributed by atoms with Crippen LogP contribution in [0, 0.1) is 0 Å². The maximum absolute atomic E-state index is 11.6. The molecule has 122 valence electrons. The molecule has 0 aliphatic carbocycles. The topological polar surface area (TPSA) is 88.9 Å². The Labute approximate surface area is 142 Å². The van der Waals surface area contributed by atoms with Gasteiger partial charge in [0.2, 0.25) is 5.91 Å². The van der Waals surface area contributed by atoms with Crippen LogP contribution < -0.4 is 10.6 Å². The molecule has 1 heterocycles. The predicted molar refractivity (Wildman–Crippen MR) is 89.5 cm³/mol. The molecule has 0 atom stereocenters. The number of carbonyl (C=O) groups excluding carboxylic acids is 2. The number of urea groups is 1. The number of benzene rings is 1. The Morgan fingerprint density at radius 2 is 2.13 bits per heavy atom. The van der Waals surface area contributed by atoms with E-state index in [0.717, 1.165) is 5.56 Å². The van der Waals surface area contributed by atoms with Gasteiger partial charge in [-0.2, -0.15) is 0 Å². The Bertz CT molecular complexity index is 719. The molecule has 0 radical (unpaired) electrons. The van der Waals surface area contributed by atoms with Crippen LogP contribution in [0.4, 0.5) is 4.79 Å². The van der Waals surface area contributed by atoms with Crippen molar-refractivity contribution in [2.24, 2.45) is 0 Å². The van der Waals surface area contributed by atoms with E-state index in [2.05, 4.69) is 20.8 Å². The van der Waals surface area contributed by atoms with E-state index in [1.807, 2.05) is 29.7 Å². The monoisotopic (exact) mass is 353 g/mol. The fourth-order valence-electron chi connectivity index (χ4n) is 1.88. The number of thioether (sulfide) groups is 1. The van der Waals surface area contributed by atoms with E-state index in [9.17, 15) is 9.59 Å². The summed E-state index contributed by atoms with van der Waals surface area (Å²) >= 11 is 7.22. The predicted octanol–water partition coefficient (Wildman–Crippen LogP) is 2.17. The molecule has 3 amide bonds. The van der Waals surface area contributed by atoms with Crippen molar-refractivity contribution in [3.8, 4) is 11.4 Å². The third-order valence-corrected chi connectivity index (χ3v) is 4.13. The van der Waals surface area contributed by atoms with E-state index < -0.39 is 11.9 Å². The number of hydrogen-bond acceptors (Lipinski definition) is 5. The number of amides is 3. The van der Waals surface area contributed by atoms with Crippen molar-refractivity contribution < 1.29 is 9.59 Å². The summed E-state index contributed by atoms with van der Waals surface area (Å²) in [6.07, 6.45) is 0. The van der Waals surface area contributed by atoms with Crippen LogP contribution in [0.25, 0.3) is 11.4 Å². The van der Waals surface area contributed by atoms with Gasteiger partial charge in [-0.1, -0.05) is 35.5 Å². The van der Waals surface area contributed by atoms with Crippen molar-refractivity contribution in [1.82, 2.24) is 25.4 Å². The van der Waals surface area contributed by atoms with E-state index in [-0.39, 0.29) is 5.75 Å². The number of hydrogen-bond donors (Lipinski definition) is 2. The number of nitrogens with one attached hydrogen (secondary N) is 2. The first-order chi connectivity index (χ1) is 11.0. The van der Waals surface area contributed by atoms with Gasteiger partial charge < -0.3 is 9.88 Å². The normalized spacial score (nSPS) is 10.4. The first kappa shape index (κ1) is 17.3. The number of aromatic nitrogens is 3. The minimum atomic E-state index is -0.535. The third kappa shape index (κ3) is 4.46. The molecule has 9 heteroatoms. The Hall–Kier alpha value is -2.06. The minimum absolute atomic E-state index is 0.0705. The summed E-state index contributed by atoms with van der Waals surface area (Å²) < 4.78 is 1.89. The summed E-state index contributed by atoms with van der Waals surface area (Å²) in [6, 6.07) is 6.80. The van der Waals surface area contributed by atoms with Crippen molar-refractivity contribution in [1.29, 1.82) is 0 Å². The van der Waals surface area contributed by atoms with Crippen molar-refractivity contribution in [2.75, 3.05) is 12.8 Å². The lowest BCUT2D eigenvalue weighted by Crippen LogP contribution is -2.38. The van der Waals surface area contributed by atoms with E-state index in [4.69, 9.17) is 11.6 Å². The first-order valence-electron chi connectivity index (χ1n) is 6.88. The number of imide groups is 1. The Kier molecular flexibility index (Phi) is 6.00. The highest BCUT2D eigenvalue weighted by molar-refractivity contribution is 7.99. The Balaban J connectivity index is 2.12. The van der Waals surface area contributed by atoms with E-state index >= 15 is 0 Å². The molecule has 0 unspecified atom stereocenters. The summed E-state index contributed by atoms with van der Waals surface area (Å²) in [4.78, 5) is 22.7. The van der Waals surface area contributed by atoms with Crippen LogP contribution >= 0.6 is 23.4 Å². The zero-order valence-electron chi connectivity index (χ0n) is 12.7. The van der Waals surface area contributed by atoms with E-state index in [1.165, 1.54) is 18.8 Å². The van der Waals surface area contributed by atoms with Gasteiger partial charge in [-0.15, -0.1) is 10.2 Å². The number of nitrogens with zero attached hydrogens (tertiary/aromatic N) is 3. The molecule has 1 aromatic heterocycles. The lowest BCUT2D eigenvalue weighted by molar-refractivity contribution is -0.117. The molecule has 2 aromatic rings. The Morgan fingerprint density at radius 3 is 2.78 bits per heavy atom. The highest BCUT2D eigenvalue weighted by Crippen LogP contribution is 2.25. The largest absolute Gasteiger partial charge is 0.341 e. The van der Waals surface area contributed by atoms with Gasteiger partial charge in [0.15, 0.2) is 11.0 Å². The molecule has 0 bridgehead atoms. The van der Waals surface area contributed by atoms with Gasteiger partial charge in [0.25, 0.3) is 0 Å². The third-order valence-electron chi connectivity index (χ3n) is 2.93. The van der Waals surface area contributed by atoms with Crippen LogP contribution in [0.1, 0.15) is 6.92 Å². The fourth-order valence-corrected chi connectivity index (χ4v) is 2.87. The molecular formula is C14H16ClN5O2S. The van der Waals surface area contributed by atoms with Gasteiger partial charge in [0.05, 0.1) is 5.75 Å². The standard InChI is InChI=1S/C14H16ClN5O2S/c1-3-20-12(9-5-4-6-10(15)7-9)18-19-14(20)23-8-11(21)17-13(22)16-2/h4-7H,3,8H2,1-2H3,(H2,16,17,21,22). The lowest BCUT2D eigenvalue weighted by atomic mass is 10.2. The quantitative estimate of drug-likeness (QED) is 0.804. The second-order valence-corrected chi connectivity index (χ2v) is 5.86. The highest BCUT2D eigenvalue weighted by Gasteiger charge is 2.15. The van der Waals surface area contributed by atoms with Crippen molar-refractivity contribution >= 4 is 35.3 Å². The molecule has 0 aliphatic heterocycles. The van der Waals surface area contributed by atoms with E-state index in [1.54, 1.807) is 6.07 Å². The van der Waals surface area contributed by atoms with Gasteiger partial charge >= 0.3 is 6.03 Å². The van der Waals surface area contributed by atoms with Gasteiger partial charge in [-0.05, 0) is 19.1 Å². The van der Waals surface area contributed by atoms with Crippen LogP contribution in [0.3, 0.4) is 0 Å². The van der Waals surface area contributed by atoms with Crippen LogP contribution in [-0.2, 0) is 11.3 Å². The molecule has 23 heavy (non-hydrogen) atoms. The van der Waals surface area contributed by atoms with Crippen molar-refractivity contribution in [3.63, 3.8) is 0 Å². The van der Waals surface area contributed by atoms with Crippen LogP contribution in [-0.4, -0.2) is 39.5 Å². The number of halogens is 1. The van der Waals surface area contributed by atoms with Gasteiger partial charge in [0, 0.05) is 24.2 Å². The lowest BCUT2D eigenvalue weighted by Gasteiger charge is -2.07. The second-order valence-electron chi connectivity index (χ2n) is 4.48. The summed E-state index contributed by atoms with van der Waals surface area (Å²) in [6.45, 7) is 2.61. The van der Waals surface area contributed by atoms with Crippen molar-refractivity contribution in [3.05, 3.63) is 29.3 Å². The number of carbonyl (C=O) groups is 2. The summed E-state index contributed by atoms with van der Waals surface area (Å²) in [5.41, 5.74) is 0.855. The molecule has 1 aromatic carbocycles. The summed E-state index contributed by atoms with van der Waals surface area (Å²) in [7, 11) is 1.45. The molecule has 2 rings (SSSR count). The maximum Gasteiger partial charge on any atom is 0.321 e. The summed E-state index contributed by atoms with van der Waals surface area (Å²) in [5, 5.41) is 14.0. The SMILES string of the molecule is CCn1c(SCC(=O)NC(=O)NC)nnc1-c1cccc(Cl)c1. The van der Waals surface area contributed by atoms with Crippen LogP contribution in [0.15, 0.2) is 29.4 Å². The van der Waals surface area contributed by atoms with Gasteiger partial charge in [-0.25, -0.2) is 4.79 Å². The molecular weight excluding hydrogens is 338 g/mol. The van der Waals surface area contributed by atoms with Gasteiger partial charge in [-0.3, -0.25) is 10.1 Å². The number of rotatable bonds is 5. The van der Waals surface area contributed by atoms with Crippen molar-refractivity contribution in [2.45, 2.75) is 18.6 Å². The summed E-state index contributed by atoms with van der Waals surface area (Å²) in [5.74, 6) is 0.356. The first-order valence-corrected chi connectivity index (χ1v) is 8.25. The molecule has 0 saturated carbocycles. The molecule has 0 spiro atoms. The Morgan fingerprint density at radius 1 is 1.35 bits per heavy atom.